The van der Waals surface area contributed by atoms with Gasteiger partial charge in [0, 0.05) is 18.0 Å². The Hall–Kier alpha value is -1.68. The van der Waals surface area contributed by atoms with Crippen LogP contribution >= 0.6 is 0 Å². The van der Waals surface area contributed by atoms with Gasteiger partial charge in [0.2, 0.25) is 0 Å². The van der Waals surface area contributed by atoms with Gasteiger partial charge in [-0.05, 0) is 37.5 Å². The average molecular weight is 299 g/mol. The molecule has 0 aromatic heterocycles. The van der Waals surface area contributed by atoms with Gasteiger partial charge < -0.3 is 19.5 Å². The second kappa shape index (κ2) is 4.19. The summed E-state index contributed by atoms with van der Waals surface area (Å²) in [4.78, 5) is 0. The zero-order valence-corrected chi connectivity index (χ0v) is 13.1. The Morgan fingerprint density at radius 1 is 1.23 bits per heavy atom. The summed E-state index contributed by atoms with van der Waals surface area (Å²) >= 11 is 0. The first kappa shape index (κ1) is 12.8. The minimum absolute atomic E-state index is 0.0225. The molecule has 2 fully saturated rings. The largest absolute Gasteiger partial charge is 0.497 e. The highest BCUT2D eigenvalue weighted by Gasteiger charge is 2.63. The van der Waals surface area contributed by atoms with E-state index in [1.165, 1.54) is 11.1 Å². The molecule has 5 rings (SSSR count). The van der Waals surface area contributed by atoms with Crippen LogP contribution < -0.4 is 5.32 Å². The number of piperidine rings is 1. The molecule has 2 bridgehead atoms. The first-order valence-corrected chi connectivity index (χ1v) is 8.16. The molecule has 116 valence electrons. The fourth-order valence-electron chi connectivity index (χ4n) is 5.18. The van der Waals surface area contributed by atoms with Crippen LogP contribution in [0.15, 0.2) is 46.1 Å². The van der Waals surface area contributed by atoms with Gasteiger partial charge in [-0.1, -0.05) is 11.6 Å². The lowest BCUT2D eigenvalue weighted by molar-refractivity contribution is 0.0500. The molecule has 1 spiro atoms. The van der Waals surface area contributed by atoms with Crippen molar-refractivity contribution in [2.45, 2.75) is 37.8 Å². The van der Waals surface area contributed by atoms with E-state index in [-0.39, 0.29) is 11.5 Å². The van der Waals surface area contributed by atoms with E-state index >= 15 is 0 Å². The average Bonchev–Trinajstić information content (AvgIpc) is 2.88. The van der Waals surface area contributed by atoms with Crippen molar-refractivity contribution in [1.29, 1.82) is 0 Å². The van der Waals surface area contributed by atoms with Crippen LogP contribution in [0.3, 0.4) is 0 Å². The van der Waals surface area contributed by atoms with E-state index in [2.05, 4.69) is 17.5 Å². The zero-order valence-electron chi connectivity index (χ0n) is 13.1. The van der Waals surface area contributed by atoms with E-state index in [1.54, 1.807) is 19.8 Å². The lowest BCUT2D eigenvalue weighted by Crippen LogP contribution is -2.54. The fraction of sp³-hybridized carbons (Fsp3) is 0.556. The number of methoxy groups -OCH3 is 2. The molecule has 2 saturated heterocycles. The molecule has 5 aliphatic rings. The van der Waals surface area contributed by atoms with Gasteiger partial charge in [-0.2, -0.15) is 0 Å². The number of rotatable bonds is 2. The predicted molar refractivity (Wildman–Crippen MR) is 81.8 cm³/mol. The van der Waals surface area contributed by atoms with Gasteiger partial charge in [0.25, 0.3) is 0 Å². The lowest BCUT2D eigenvalue weighted by atomic mass is 9.56. The van der Waals surface area contributed by atoms with Gasteiger partial charge in [0.05, 0.1) is 19.6 Å². The van der Waals surface area contributed by atoms with Crippen LogP contribution in [0.2, 0.25) is 0 Å². The van der Waals surface area contributed by atoms with Crippen molar-refractivity contribution in [3.05, 3.63) is 46.1 Å². The number of hydrogen-bond acceptors (Lipinski definition) is 4. The van der Waals surface area contributed by atoms with Gasteiger partial charge in [0.1, 0.15) is 11.5 Å². The molecule has 0 aromatic rings. The van der Waals surface area contributed by atoms with Gasteiger partial charge in [0.15, 0.2) is 11.9 Å². The molecule has 3 unspecified atom stereocenters. The zero-order chi connectivity index (χ0) is 14.9. The third kappa shape index (κ3) is 1.29. The summed E-state index contributed by atoms with van der Waals surface area (Å²) in [7, 11) is 3.50. The Morgan fingerprint density at radius 3 is 2.95 bits per heavy atom. The van der Waals surface area contributed by atoms with Gasteiger partial charge in [-0.25, -0.2) is 0 Å². The van der Waals surface area contributed by atoms with Crippen molar-refractivity contribution in [3.8, 4) is 0 Å². The Bertz CT molecular complexity index is 684. The van der Waals surface area contributed by atoms with Crippen LogP contribution in [-0.2, 0) is 14.2 Å². The number of nitrogens with one attached hydrogen (secondary N) is 1. The highest BCUT2D eigenvalue weighted by molar-refractivity contribution is 5.60. The number of hydrogen-bond donors (Lipinski definition) is 1. The Kier molecular flexibility index (Phi) is 2.44. The van der Waals surface area contributed by atoms with Crippen molar-refractivity contribution >= 4 is 0 Å². The maximum absolute atomic E-state index is 6.47. The monoisotopic (exact) mass is 299 g/mol. The lowest BCUT2D eigenvalue weighted by Gasteiger charge is -2.50. The molecule has 22 heavy (non-hydrogen) atoms. The van der Waals surface area contributed by atoms with E-state index in [0.29, 0.717) is 6.04 Å². The van der Waals surface area contributed by atoms with Crippen LogP contribution in [0.25, 0.3) is 0 Å². The second-order valence-corrected chi connectivity index (χ2v) is 6.76. The molecule has 0 radical (unpaired) electrons. The summed E-state index contributed by atoms with van der Waals surface area (Å²) in [6, 6.07) is 0.455. The highest BCUT2D eigenvalue weighted by atomic mass is 16.6. The van der Waals surface area contributed by atoms with Crippen molar-refractivity contribution in [1.82, 2.24) is 5.32 Å². The normalized spacial score (nSPS) is 38.1. The molecule has 3 atom stereocenters. The first-order valence-electron chi connectivity index (χ1n) is 8.16. The third-order valence-electron chi connectivity index (χ3n) is 6.04. The molecule has 4 heteroatoms. The molecule has 0 aromatic carbocycles. The van der Waals surface area contributed by atoms with Crippen molar-refractivity contribution < 1.29 is 14.2 Å². The maximum Gasteiger partial charge on any atom is 0.169 e. The summed E-state index contributed by atoms with van der Waals surface area (Å²) < 4.78 is 17.8. The Balaban J connectivity index is 1.81. The molecule has 0 saturated carbocycles. The van der Waals surface area contributed by atoms with Crippen LogP contribution in [0, 0.1) is 5.41 Å². The summed E-state index contributed by atoms with van der Waals surface area (Å²) in [5.41, 5.74) is 4.44. The van der Waals surface area contributed by atoms with Crippen molar-refractivity contribution in [2.24, 2.45) is 5.41 Å². The van der Waals surface area contributed by atoms with Gasteiger partial charge in [-0.15, -0.1) is 0 Å². The molecular formula is C18H21NO3. The van der Waals surface area contributed by atoms with Crippen LogP contribution in [0.1, 0.15) is 25.7 Å². The third-order valence-corrected chi connectivity index (χ3v) is 6.04. The molecule has 2 aliphatic heterocycles. The molecule has 0 amide bonds. The van der Waals surface area contributed by atoms with Crippen molar-refractivity contribution in [3.63, 3.8) is 0 Å². The van der Waals surface area contributed by atoms with E-state index in [9.17, 15) is 0 Å². The topological polar surface area (TPSA) is 39.7 Å². The quantitative estimate of drug-likeness (QED) is 0.850. The van der Waals surface area contributed by atoms with E-state index in [4.69, 9.17) is 14.2 Å². The van der Waals surface area contributed by atoms with Gasteiger partial charge >= 0.3 is 0 Å². The van der Waals surface area contributed by atoms with Crippen molar-refractivity contribution in [2.75, 3.05) is 20.8 Å². The van der Waals surface area contributed by atoms with Crippen LogP contribution in [0.5, 0.6) is 0 Å². The molecule has 3 aliphatic carbocycles. The van der Waals surface area contributed by atoms with Crippen LogP contribution in [0.4, 0.5) is 0 Å². The molecule has 4 nitrogen and oxygen atoms in total. The molecule has 1 N–H and O–H groups in total. The smallest absolute Gasteiger partial charge is 0.169 e. The predicted octanol–water partition coefficient (Wildman–Crippen LogP) is 2.56. The van der Waals surface area contributed by atoms with Gasteiger partial charge in [-0.3, -0.25) is 0 Å². The standard InChI is InChI=1S/C18H21NO3/c1-20-13-5-3-10-9-12-11-4-6-14(21-2)17-18(11,7-8-19-12)15(10)16(13)22-17/h4,6,12,17,19H,3,5,7-9H2,1-2H3. The summed E-state index contributed by atoms with van der Waals surface area (Å²) in [5, 5.41) is 3.70. The Morgan fingerprint density at radius 2 is 2.14 bits per heavy atom. The fourth-order valence-corrected chi connectivity index (χ4v) is 5.18. The minimum Gasteiger partial charge on any atom is -0.497 e. The SMILES string of the molecule is COC1=CC=C2C3CC4=C5C(=C(OC)CC4)OC1C25CCN3. The van der Waals surface area contributed by atoms with Crippen LogP contribution in [-0.4, -0.2) is 32.9 Å². The summed E-state index contributed by atoms with van der Waals surface area (Å²) in [5.74, 6) is 2.95. The summed E-state index contributed by atoms with van der Waals surface area (Å²) in [6.07, 6.45) is 8.56. The maximum atomic E-state index is 6.47. The van der Waals surface area contributed by atoms with E-state index in [0.717, 1.165) is 49.5 Å². The van der Waals surface area contributed by atoms with E-state index in [1.807, 2.05) is 0 Å². The minimum atomic E-state index is -0.0247. The summed E-state index contributed by atoms with van der Waals surface area (Å²) in [6.45, 7) is 1.03. The number of allylic oxidation sites excluding steroid dienone is 4. The highest BCUT2D eigenvalue weighted by Crippen LogP contribution is 2.64. The number of ether oxygens (including phenoxy) is 3. The molecular weight excluding hydrogens is 278 g/mol. The second-order valence-electron chi connectivity index (χ2n) is 6.76. The first-order chi connectivity index (χ1) is 10.8. The molecule has 2 heterocycles. The van der Waals surface area contributed by atoms with E-state index < -0.39 is 0 Å². The Labute approximate surface area is 130 Å².